The van der Waals surface area contributed by atoms with Gasteiger partial charge in [0, 0.05) is 16.3 Å². The van der Waals surface area contributed by atoms with Crippen LogP contribution in [0.1, 0.15) is 54.3 Å². The highest BCUT2D eigenvalue weighted by molar-refractivity contribution is 7.12. The zero-order valence-corrected chi connectivity index (χ0v) is 11.6. The number of rotatable bonds is 3. The zero-order chi connectivity index (χ0) is 11.5. The molecule has 1 aliphatic rings. The first kappa shape index (κ1) is 12.1. The molecule has 0 aromatic carbocycles. The van der Waals surface area contributed by atoms with Gasteiger partial charge in [-0.2, -0.15) is 0 Å². The lowest BCUT2D eigenvalue weighted by atomic mass is 10.1. The Morgan fingerprint density at radius 3 is 2.50 bits per heavy atom. The monoisotopic (exact) mass is 237 g/mol. The van der Waals surface area contributed by atoms with Crippen molar-refractivity contribution >= 4 is 11.3 Å². The lowest BCUT2D eigenvalue weighted by Gasteiger charge is -2.25. The van der Waals surface area contributed by atoms with Crippen LogP contribution in [0.3, 0.4) is 0 Å². The Labute approximate surface area is 103 Å². The van der Waals surface area contributed by atoms with E-state index in [1.807, 2.05) is 11.3 Å². The molecule has 1 saturated heterocycles. The molecule has 0 atom stereocenters. The zero-order valence-electron chi connectivity index (χ0n) is 10.8. The maximum absolute atomic E-state index is 2.61. The molecule has 1 nitrogen and oxygen atoms in total. The number of piperidine rings is 1. The van der Waals surface area contributed by atoms with E-state index in [1.165, 1.54) is 44.5 Å². The Hall–Kier alpha value is -0.340. The minimum absolute atomic E-state index is 0.681. The van der Waals surface area contributed by atoms with Gasteiger partial charge < -0.3 is 0 Å². The molecule has 0 amide bonds. The number of nitrogens with zero attached hydrogens (tertiary/aromatic N) is 1. The highest BCUT2D eigenvalue weighted by Gasteiger charge is 2.14. The highest BCUT2D eigenvalue weighted by Crippen LogP contribution is 2.30. The third-order valence-electron chi connectivity index (χ3n) is 3.36. The summed E-state index contributed by atoms with van der Waals surface area (Å²) in [6.45, 7) is 10.6. The summed E-state index contributed by atoms with van der Waals surface area (Å²) in [5.41, 5.74) is 1.49. The maximum Gasteiger partial charge on any atom is 0.0328 e. The van der Waals surface area contributed by atoms with Crippen molar-refractivity contribution in [3.8, 4) is 0 Å². The van der Waals surface area contributed by atoms with E-state index in [2.05, 4.69) is 31.7 Å². The third-order valence-corrected chi connectivity index (χ3v) is 4.88. The quantitative estimate of drug-likeness (QED) is 0.763. The van der Waals surface area contributed by atoms with Gasteiger partial charge in [-0.15, -0.1) is 11.3 Å². The van der Waals surface area contributed by atoms with E-state index in [1.54, 1.807) is 9.75 Å². The molecule has 0 bridgehead atoms. The van der Waals surface area contributed by atoms with Crippen molar-refractivity contribution in [1.29, 1.82) is 0 Å². The standard InChI is InChI=1S/C14H23NS/c1-11(2)14-12(3)9-13(16-14)10-15-7-5-4-6-8-15/h9,11H,4-8,10H2,1-3H3. The van der Waals surface area contributed by atoms with Crippen molar-refractivity contribution in [2.75, 3.05) is 13.1 Å². The Kier molecular flexibility index (Phi) is 4.04. The molecule has 2 heterocycles. The van der Waals surface area contributed by atoms with E-state index in [0.717, 1.165) is 0 Å². The summed E-state index contributed by atoms with van der Waals surface area (Å²) in [4.78, 5) is 5.74. The molecule has 0 aliphatic carbocycles. The van der Waals surface area contributed by atoms with Crippen LogP contribution in [-0.4, -0.2) is 18.0 Å². The van der Waals surface area contributed by atoms with Crippen molar-refractivity contribution in [3.63, 3.8) is 0 Å². The van der Waals surface area contributed by atoms with Crippen LogP contribution in [0.15, 0.2) is 6.07 Å². The van der Waals surface area contributed by atoms with Gasteiger partial charge in [0.15, 0.2) is 0 Å². The van der Waals surface area contributed by atoms with Crippen molar-refractivity contribution in [1.82, 2.24) is 4.90 Å². The number of likely N-dealkylation sites (tertiary alicyclic amines) is 1. The maximum atomic E-state index is 2.61. The first-order valence-electron chi connectivity index (χ1n) is 6.48. The molecule has 16 heavy (non-hydrogen) atoms. The summed E-state index contributed by atoms with van der Waals surface area (Å²) in [6.07, 6.45) is 4.21. The molecular formula is C14H23NS. The van der Waals surface area contributed by atoms with Gasteiger partial charge in [-0.3, -0.25) is 4.90 Å². The first-order valence-corrected chi connectivity index (χ1v) is 7.30. The van der Waals surface area contributed by atoms with Crippen LogP contribution in [0.4, 0.5) is 0 Å². The van der Waals surface area contributed by atoms with Gasteiger partial charge in [-0.25, -0.2) is 0 Å². The molecule has 1 aromatic heterocycles. The van der Waals surface area contributed by atoms with Crippen LogP contribution >= 0.6 is 11.3 Å². The smallest absolute Gasteiger partial charge is 0.0328 e. The summed E-state index contributed by atoms with van der Waals surface area (Å²) in [6, 6.07) is 2.40. The molecule has 0 unspecified atom stereocenters. The fourth-order valence-electron chi connectivity index (χ4n) is 2.55. The molecule has 0 N–H and O–H groups in total. The summed E-state index contributed by atoms with van der Waals surface area (Å²) < 4.78 is 0. The molecule has 2 rings (SSSR count). The second-order valence-corrected chi connectivity index (χ2v) is 6.42. The van der Waals surface area contributed by atoms with Crippen LogP contribution < -0.4 is 0 Å². The number of hydrogen-bond acceptors (Lipinski definition) is 2. The SMILES string of the molecule is Cc1cc(CN2CCCCC2)sc1C(C)C. The van der Waals surface area contributed by atoms with Crippen LogP contribution in [0.5, 0.6) is 0 Å². The molecule has 0 radical (unpaired) electrons. The highest BCUT2D eigenvalue weighted by atomic mass is 32.1. The van der Waals surface area contributed by atoms with Gasteiger partial charge >= 0.3 is 0 Å². The van der Waals surface area contributed by atoms with E-state index >= 15 is 0 Å². The number of thiophene rings is 1. The average molecular weight is 237 g/mol. The van der Waals surface area contributed by atoms with Gasteiger partial charge in [0.1, 0.15) is 0 Å². The van der Waals surface area contributed by atoms with E-state index in [0.29, 0.717) is 5.92 Å². The molecule has 2 heteroatoms. The predicted molar refractivity (Wildman–Crippen MR) is 72.3 cm³/mol. The Balaban J connectivity index is 2.01. The number of aryl methyl sites for hydroxylation is 1. The average Bonchev–Trinajstić information content (AvgIpc) is 2.61. The first-order chi connectivity index (χ1) is 7.66. The molecule has 1 aliphatic heterocycles. The van der Waals surface area contributed by atoms with Gasteiger partial charge in [-0.1, -0.05) is 20.3 Å². The van der Waals surface area contributed by atoms with Gasteiger partial charge in [0.25, 0.3) is 0 Å². The second kappa shape index (κ2) is 5.33. The lowest BCUT2D eigenvalue weighted by Crippen LogP contribution is -2.28. The summed E-state index contributed by atoms with van der Waals surface area (Å²) in [5, 5.41) is 0. The molecule has 1 fully saturated rings. The van der Waals surface area contributed by atoms with Crippen LogP contribution in [0.25, 0.3) is 0 Å². The van der Waals surface area contributed by atoms with E-state index in [9.17, 15) is 0 Å². The molecular weight excluding hydrogens is 214 g/mol. The van der Waals surface area contributed by atoms with Gasteiger partial charge in [0.05, 0.1) is 0 Å². The fraction of sp³-hybridized carbons (Fsp3) is 0.714. The molecule has 0 spiro atoms. The second-order valence-electron chi connectivity index (χ2n) is 5.25. The van der Waals surface area contributed by atoms with E-state index in [4.69, 9.17) is 0 Å². The van der Waals surface area contributed by atoms with E-state index < -0.39 is 0 Å². The van der Waals surface area contributed by atoms with Gasteiger partial charge in [-0.05, 0) is 50.4 Å². The largest absolute Gasteiger partial charge is 0.298 e. The van der Waals surface area contributed by atoms with Gasteiger partial charge in [0.2, 0.25) is 0 Å². The van der Waals surface area contributed by atoms with Crippen molar-refractivity contribution in [2.24, 2.45) is 0 Å². The van der Waals surface area contributed by atoms with Crippen molar-refractivity contribution in [2.45, 2.75) is 52.5 Å². The number of hydrogen-bond donors (Lipinski definition) is 0. The Bertz CT molecular complexity index is 335. The van der Waals surface area contributed by atoms with Crippen molar-refractivity contribution in [3.05, 3.63) is 21.4 Å². The minimum Gasteiger partial charge on any atom is -0.298 e. The molecule has 0 saturated carbocycles. The normalized spacial score (nSPS) is 18.2. The van der Waals surface area contributed by atoms with Crippen LogP contribution in [-0.2, 0) is 6.54 Å². The fourth-order valence-corrected chi connectivity index (χ4v) is 3.77. The Morgan fingerprint density at radius 2 is 1.94 bits per heavy atom. The third kappa shape index (κ3) is 2.86. The minimum atomic E-state index is 0.681. The predicted octanol–water partition coefficient (Wildman–Crippen LogP) is 4.17. The van der Waals surface area contributed by atoms with Crippen molar-refractivity contribution < 1.29 is 0 Å². The van der Waals surface area contributed by atoms with Crippen LogP contribution in [0.2, 0.25) is 0 Å². The topological polar surface area (TPSA) is 3.24 Å². The van der Waals surface area contributed by atoms with Crippen LogP contribution in [0, 0.1) is 6.92 Å². The summed E-state index contributed by atoms with van der Waals surface area (Å²) >= 11 is 2.02. The summed E-state index contributed by atoms with van der Waals surface area (Å²) in [5.74, 6) is 0.681. The van der Waals surface area contributed by atoms with E-state index in [-0.39, 0.29) is 0 Å². The Morgan fingerprint density at radius 1 is 1.25 bits per heavy atom. The molecule has 90 valence electrons. The lowest BCUT2D eigenvalue weighted by molar-refractivity contribution is 0.222. The summed E-state index contributed by atoms with van der Waals surface area (Å²) in [7, 11) is 0. The molecule has 1 aromatic rings.